The lowest BCUT2D eigenvalue weighted by Gasteiger charge is -2.15. The molecule has 33 heavy (non-hydrogen) atoms. The van der Waals surface area contributed by atoms with Gasteiger partial charge in [-0.05, 0) is 41.8 Å². The van der Waals surface area contributed by atoms with Gasteiger partial charge >= 0.3 is 5.69 Å². The minimum absolute atomic E-state index is 0.0407. The first-order valence-electron chi connectivity index (χ1n) is 11.2. The van der Waals surface area contributed by atoms with E-state index >= 15 is 0 Å². The van der Waals surface area contributed by atoms with E-state index in [0.717, 1.165) is 59.9 Å². The highest BCUT2D eigenvalue weighted by Crippen LogP contribution is 2.27. The zero-order valence-corrected chi connectivity index (χ0v) is 18.1. The van der Waals surface area contributed by atoms with E-state index in [9.17, 15) is 4.79 Å². The van der Waals surface area contributed by atoms with Crippen molar-refractivity contribution in [3.05, 3.63) is 102 Å². The standard InChI is InChI=1S/C26H24N6O/c33-26-31(21-10-8-20(9-11-21)19-5-2-1-3-6-19)23-7-4-13-29-25(23)32(26)22-12-16-30(17-22)18-24-27-14-15-28-24/h1-11,13-15,22H,12,16-18H2,(H,27,28). The maximum absolute atomic E-state index is 13.7. The summed E-state index contributed by atoms with van der Waals surface area (Å²) < 4.78 is 3.66. The van der Waals surface area contributed by atoms with Gasteiger partial charge in [-0.2, -0.15) is 0 Å². The molecule has 164 valence electrons. The first-order chi connectivity index (χ1) is 16.3. The molecule has 4 heterocycles. The second-order valence-corrected chi connectivity index (χ2v) is 8.46. The normalized spacial score (nSPS) is 16.5. The molecule has 7 heteroatoms. The smallest absolute Gasteiger partial charge is 0.335 e. The van der Waals surface area contributed by atoms with E-state index in [4.69, 9.17) is 0 Å². The molecule has 1 aliphatic rings. The first-order valence-corrected chi connectivity index (χ1v) is 11.2. The van der Waals surface area contributed by atoms with Crippen molar-refractivity contribution in [3.63, 3.8) is 0 Å². The van der Waals surface area contributed by atoms with Crippen LogP contribution in [0.3, 0.4) is 0 Å². The first kappa shape index (κ1) is 19.7. The van der Waals surface area contributed by atoms with Crippen molar-refractivity contribution >= 4 is 11.2 Å². The number of likely N-dealkylation sites (tertiary alicyclic amines) is 1. The summed E-state index contributed by atoms with van der Waals surface area (Å²) in [4.78, 5) is 28.1. The van der Waals surface area contributed by atoms with Gasteiger partial charge in [-0.15, -0.1) is 0 Å². The van der Waals surface area contributed by atoms with Crippen molar-refractivity contribution in [1.82, 2.24) is 29.0 Å². The van der Waals surface area contributed by atoms with E-state index in [1.54, 1.807) is 17.0 Å². The minimum atomic E-state index is -0.0407. The number of benzene rings is 2. The van der Waals surface area contributed by atoms with Crippen molar-refractivity contribution < 1.29 is 0 Å². The Morgan fingerprint density at radius 3 is 2.52 bits per heavy atom. The number of aromatic nitrogens is 5. The average Bonchev–Trinajstić information content (AvgIpc) is 3.59. The van der Waals surface area contributed by atoms with Gasteiger partial charge in [-0.25, -0.2) is 14.8 Å². The second-order valence-electron chi connectivity index (χ2n) is 8.46. The van der Waals surface area contributed by atoms with Crippen LogP contribution in [0.2, 0.25) is 0 Å². The minimum Gasteiger partial charge on any atom is -0.348 e. The molecule has 1 fully saturated rings. The highest BCUT2D eigenvalue weighted by molar-refractivity contribution is 5.75. The van der Waals surface area contributed by atoms with Gasteiger partial charge < -0.3 is 4.98 Å². The van der Waals surface area contributed by atoms with Crippen LogP contribution in [0.4, 0.5) is 0 Å². The van der Waals surface area contributed by atoms with E-state index in [0.29, 0.717) is 0 Å². The number of imidazole rings is 2. The molecular formula is C26H24N6O. The number of rotatable bonds is 5. The summed E-state index contributed by atoms with van der Waals surface area (Å²) in [5, 5.41) is 0. The predicted octanol–water partition coefficient (Wildman–Crippen LogP) is 4.02. The highest BCUT2D eigenvalue weighted by Gasteiger charge is 2.29. The van der Waals surface area contributed by atoms with E-state index in [-0.39, 0.29) is 11.7 Å². The third-order valence-corrected chi connectivity index (χ3v) is 6.41. The highest BCUT2D eigenvalue weighted by atomic mass is 16.2. The average molecular weight is 437 g/mol. The Kier molecular flexibility index (Phi) is 4.88. The van der Waals surface area contributed by atoms with Gasteiger partial charge in [0.2, 0.25) is 0 Å². The molecule has 1 N–H and O–H groups in total. The molecule has 0 bridgehead atoms. The largest absolute Gasteiger partial charge is 0.348 e. The molecular weight excluding hydrogens is 412 g/mol. The second kappa shape index (κ2) is 8.18. The summed E-state index contributed by atoms with van der Waals surface area (Å²) in [6.07, 6.45) is 6.28. The van der Waals surface area contributed by atoms with Crippen molar-refractivity contribution in [2.75, 3.05) is 13.1 Å². The summed E-state index contributed by atoms with van der Waals surface area (Å²) in [6.45, 7) is 2.47. The molecule has 0 saturated carbocycles. The fourth-order valence-electron chi connectivity index (χ4n) is 4.83. The molecule has 1 aliphatic heterocycles. The van der Waals surface area contributed by atoms with Crippen LogP contribution in [0, 0.1) is 0 Å². The van der Waals surface area contributed by atoms with Gasteiger partial charge in [0.15, 0.2) is 5.65 Å². The quantitative estimate of drug-likeness (QED) is 0.452. The van der Waals surface area contributed by atoms with Crippen LogP contribution in [0.15, 0.2) is 90.1 Å². The number of nitrogens with zero attached hydrogens (tertiary/aromatic N) is 5. The Labute approximate surface area is 191 Å². The molecule has 0 aliphatic carbocycles. The molecule has 0 amide bonds. The summed E-state index contributed by atoms with van der Waals surface area (Å²) in [7, 11) is 0. The summed E-state index contributed by atoms with van der Waals surface area (Å²) in [6, 6.07) is 22.4. The van der Waals surface area contributed by atoms with Gasteiger partial charge in [-0.1, -0.05) is 42.5 Å². The lowest BCUT2D eigenvalue weighted by Crippen LogP contribution is -2.29. The van der Waals surface area contributed by atoms with Crippen molar-refractivity contribution in [2.45, 2.75) is 19.0 Å². The molecule has 7 nitrogen and oxygen atoms in total. The predicted molar refractivity (Wildman–Crippen MR) is 128 cm³/mol. The lowest BCUT2D eigenvalue weighted by molar-refractivity contribution is 0.309. The Hall–Kier alpha value is -3.97. The Morgan fingerprint density at radius 2 is 1.73 bits per heavy atom. The van der Waals surface area contributed by atoms with E-state index in [2.05, 4.69) is 44.1 Å². The lowest BCUT2D eigenvalue weighted by atomic mass is 10.1. The van der Waals surface area contributed by atoms with E-state index in [1.165, 1.54) is 0 Å². The number of fused-ring (bicyclic) bond motifs is 1. The van der Waals surface area contributed by atoms with Crippen LogP contribution in [0.1, 0.15) is 18.3 Å². The van der Waals surface area contributed by atoms with E-state index < -0.39 is 0 Å². The van der Waals surface area contributed by atoms with Crippen LogP contribution < -0.4 is 5.69 Å². The van der Waals surface area contributed by atoms with Gasteiger partial charge in [0.1, 0.15) is 5.82 Å². The van der Waals surface area contributed by atoms with E-state index in [1.807, 2.05) is 53.2 Å². The molecule has 1 unspecified atom stereocenters. The van der Waals surface area contributed by atoms with Crippen LogP contribution in [0.25, 0.3) is 28.0 Å². The molecule has 2 aromatic carbocycles. The third-order valence-electron chi connectivity index (χ3n) is 6.41. The molecule has 3 aromatic heterocycles. The van der Waals surface area contributed by atoms with Crippen molar-refractivity contribution in [2.24, 2.45) is 0 Å². The molecule has 0 spiro atoms. The fraction of sp³-hybridized carbons (Fsp3) is 0.192. The van der Waals surface area contributed by atoms with Crippen molar-refractivity contribution in [1.29, 1.82) is 0 Å². The Balaban J connectivity index is 1.36. The van der Waals surface area contributed by atoms with Crippen LogP contribution in [-0.2, 0) is 6.54 Å². The van der Waals surface area contributed by atoms with Gasteiger partial charge in [0, 0.05) is 31.7 Å². The van der Waals surface area contributed by atoms with Crippen LogP contribution in [-0.4, -0.2) is 42.1 Å². The monoisotopic (exact) mass is 436 g/mol. The zero-order chi connectivity index (χ0) is 22.2. The van der Waals surface area contributed by atoms with Crippen LogP contribution >= 0.6 is 0 Å². The van der Waals surface area contributed by atoms with Crippen molar-refractivity contribution in [3.8, 4) is 16.8 Å². The zero-order valence-electron chi connectivity index (χ0n) is 18.1. The Morgan fingerprint density at radius 1 is 0.909 bits per heavy atom. The molecule has 1 saturated heterocycles. The number of nitrogens with one attached hydrogen (secondary N) is 1. The number of H-pyrrole nitrogens is 1. The summed E-state index contributed by atoms with van der Waals surface area (Å²) in [5.41, 5.74) is 4.66. The number of hydrogen-bond acceptors (Lipinski definition) is 4. The maximum atomic E-state index is 13.7. The topological polar surface area (TPSA) is 71.7 Å². The molecule has 5 aromatic rings. The van der Waals surface area contributed by atoms with Gasteiger partial charge in [0.05, 0.1) is 23.8 Å². The summed E-state index contributed by atoms with van der Waals surface area (Å²) >= 11 is 0. The molecule has 1 atom stereocenters. The number of hydrogen-bond donors (Lipinski definition) is 1. The number of aromatic amines is 1. The number of pyridine rings is 1. The van der Waals surface area contributed by atoms with Gasteiger partial charge in [-0.3, -0.25) is 14.0 Å². The molecule has 6 rings (SSSR count). The molecule has 0 radical (unpaired) electrons. The fourth-order valence-corrected chi connectivity index (χ4v) is 4.83. The third kappa shape index (κ3) is 3.56. The van der Waals surface area contributed by atoms with Crippen LogP contribution in [0.5, 0.6) is 0 Å². The summed E-state index contributed by atoms with van der Waals surface area (Å²) in [5.74, 6) is 0.946. The van der Waals surface area contributed by atoms with Gasteiger partial charge in [0.25, 0.3) is 0 Å². The maximum Gasteiger partial charge on any atom is 0.335 e. The Bertz CT molecular complexity index is 1430. The SMILES string of the molecule is O=c1n(-c2ccc(-c3ccccc3)cc2)c2cccnc2n1C1CCN(Cc2ncc[nH]2)C1.